The van der Waals surface area contributed by atoms with Gasteiger partial charge in [0.25, 0.3) is 5.91 Å². The van der Waals surface area contributed by atoms with Crippen molar-refractivity contribution in [1.82, 2.24) is 15.1 Å². The van der Waals surface area contributed by atoms with E-state index in [1.54, 1.807) is 25.3 Å². The van der Waals surface area contributed by atoms with Gasteiger partial charge in [0.05, 0.1) is 10.5 Å². The molecular weight excluding hydrogens is 348 g/mol. The van der Waals surface area contributed by atoms with E-state index in [0.29, 0.717) is 15.2 Å². The van der Waals surface area contributed by atoms with Crippen LogP contribution in [0.15, 0.2) is 34.2 Å². The Kier molecular flexibility index (Phi) is 4.45. The average molecular weight is 360 g/mol. The summed E-state index contributed by atoms with van der Waals surface area (Å²) in [7, 11) is 1.65. The molecule has 1 saturated heterocycles. The zero-order chi connectivity index (χ0) is 17.3. The number of carboxylic acid groups (broad SMARTS) is 1. The van der Waals surface area contributed by atoms with Gasteiger partial charge in [-0.15, -0.1) is 10.2 Å². The maximum absolute atomic E-state index is 12.3. The zero-order valence-electron chi connectivity index (χ0n) is 12.8. The summed E-state index contributed by atoms with van der Waals surface area (Å²) in [5.74, 6) is -1.15. The Hall–Kier alpha value is -2.52. The van der Waals surface area contributed by atoms with Crippen LogP contribution in [0.4, 0.5) is 5.13 Å². The molecule has 0 bridgehead atoms. The minimum atomic E-state index is -0.984. The summed E-state index contributed by atoms with van der Waals surface area (Å²) in [6, 6.07) is 6.32. The first-order valence-corrected chi connectivity index (χ1v) is 8.47. The van der Waals surface area contributed by atoms with Gasteiger partial charge in [-0.2, -0.15) is 4.99 Å². The minimum absolute atomic E-state index is 0.165. The standard InChI is InChI=1S/C15H12N4O3S2/c1-8-17-18-14(23-8)16-15-19(2)12(20)11(24-15)7-9-3-5-10(6-4-9)13(21)22/h3-7H,1-2H3,(H,21,22)/b11-7-,16-15+. The van der Waals surface area contributed by atoms with E-state index in [0.717, 1.165) is 10.6 Å². The smallest absolute Gasteiger partial charge is 0.335 e. The van der Waals surface area contributed by atoms with Crippen LogP contribution < -0.4 is 0 Å². The van der Waals surface area contributed by atoms with E-state index in [2.05, 4.69) is 15.2 Å². The number of aryl methyl sites for hydroxylation is 1. The number of amides is 1. The molecular formula is C15H12N4O3S2. The average Bonchev–Trinajstić information content (AvgIpc) is 3.07. The van der Waals surface area contributed by atoms with Crippen LogP contribution in [0.2, 0.25) is 0 Å². The van der Waals surface area contributed by atoms with Crippen molar-refractivity contribution in [2.75, 3.05) is 7.05 Å². The van der Waals surface area contributed by atoms with Crippen molar-refractivity contribution in [3.63, 3.8) is 0 Å². The molecule has 1 amide bonds. The predicted octanol–water partition coefficient (Wildman–Crippen LogP) is 2.78. The molecule has 1 fully saturated rings. The maximum atomic E-state index is 12.3. The fraction of sp³-hybridized carbons (Fsp3) is 0.133. The van der Waals surface area contributed by atoms with Gasteiger partial charge in [0.2, 0.25) is 5.13 Å². The lowest BCUT2D eigenvalue weighted by Crippen LogP contribution is -2.23. The van der Waals surface area contributed by atoms with E-state index in [-0.39, 0.29) is 11.5 Å². The van der Waals surface area contributed by atoms with E-state index < -0.39 is 5.97 Å². The number of nitrogens with zero attached hydrogens (tertiary/aromatic N) is 4. The van der Waals surface area contributed by atoms with Crippen molar-refractivity contribution in [1.29, 1.82) is 0 Å². The van der Waals surface area contributed by atoms with E-state index >= 15 is 0 Å². The Morgan fingerprint density at radius 2 is 2.00 bits per heavy atom. The van der Waals surface area contributed by atoms with E-state index in [9.17, 15) is 9.59 Å². The van der Waals surface area contributed by atoms with E-state index in [4.69, 9.17) is 5.11 Å². The molecule has 24 heavy (non-hydrogen) atoms. The molecule has 2 heterocycles. The highest BCUT2D eigenvalue weighted by atomic mass is 32.2. The molecule has 1 aliphatic heterocycles. The number of carboxylic acids is 1. The molecule has 0 atom stereocenters. The van der Waals surface area contributed by atoms with Crippen LogP contribution >= 0.6 is 23.1 Å². The van der Waals surface area contributed by atoms with Gasteiger partial charge in [-0.05, 0) is 42.5 Å². The lowest BCUT2D eigenvalue weighted by Gasteiger charge is -2.05. The van der Waals surface area contributed by atoms with Gasteiger partial charge in [-0.1, -0.05) is 23.5 Å². The molecule has 122 valence electrons. The first-order chi connectivity index (χ1) is 11.4. The Labute approximate surface area is 145 Å². The summed E-state index contributed by atoms with van der Waals surface area (Å²) in [6.07, 6.45) is 1.71. The first kappa shape index (κ1) is 16.3. The number of carbonyl (C=O) groups is 2. The van der Waals surface area contributed by atoms with Gasteiger partial charge in [0.15, 0.2) is 5.17 Å². The highest BCUT2D eigenvalue weighted by molar-refractivity contribution is 8.18. The number of rotatable bonds is 3. The molecule has 3 rings (SSSR count). The summed E-state index contributed by atoms with van der Waals surface area (Å²) in [5, 5.41) is 18.6. The third-order valence-electron chi connectivity index (χ3n) is 3.17. The van der Waals surface area contributed by atoms with Crippen LogP contribution in [0.25, 0.3) is 6.08 Å². The largest absolute Gasteiger partial charge is 0.478 e. The summed E-state index contributed by atoms with van der Waals surface area (Å²) in [5.41, 5.74) is 0.950. The highest BCUT2D eigenvalue weighted by Gasteiger charge is 2.30. The molecule has 0 unspecified atom stereocenters. The molecule has 0 radical (unpaired) electrons. The zero-order valence-corrected chi connectivity index (χ0v) is 14.4. The van der Waals surface area contributed by atoms with Crippen LogP contribution in [0.3, 0.4) is 0 Å². The Bertz CT molecular complexity index is 871. The quantitative estimate of drug-likeness (QED) is 0.846. The number of aromatic nitrogens is 2. The lowest BCUT2D eigenvalue weighted by molar-refractivity contribution is -0.121. The number of hydrogen-bond acceptors (Lipinski definition) is 7. The van der Waals surface area contributed by atoms with Gasteiger partial charge >= 0.3 is 5.97 Å². The van der Waals surface area contributed by atoms with Gasteiger partial charge in [0.1, 0.15) is 5.01 Å². The van der Waals surface area contributed by atoms with Crippen LogP contribution in [0, 0.1) is 6.92 Å². The number of hydrogen-bond donors (Lipinski definition) is 1. The van der Waals surface area contributed by atoms with Crippen LogP contribution in [0.5, 0.6) is 0 Å². The number of aromatic carboxylic acids is 1. The normalized spacial score (nSPS) is 17.9. The lowest BCUT2D eigenvalue weighted by atomic mass is 10.1. The fourth-order valence-electron chi connectivity index (χ4n) is 1.94. The van der Waals surface area contributed by atoms with E-state index in [1.807, 2.05) is 6.92 Å². The first-order valence-electron chi connectivity index (χ1n) is 6.84. The second-order valence-electron chi connectivity index (χ2n) is 4.90. The predicted molar refractivity (Wildman–Crippen MR) is 93.5 cm³/mol. The van der Waals surface area contributed by atoms with Crippen molar-refractivity contribution in [3.05, 3.63) is 45.3 Å². The number of amidine groups is 1. The number of benzene rings is 1. The molecule has 1 aromatic heterocycles. The number of aliphatic imine (C=N–C) groups is 1. The number of carbonyl (C=O) groups excluding carboxylic acids is 1. The van der Waals surface area contributed by atoms with Gasteiger partial charge in [0, 0.05) is 7.05 Å². The van der Waals surface area contributed by atoms with E-state index in [1.165, 1.54) is 40.1 Å². The highest BCUT2D eigenvalue weighted by Crippen LogP contribution is 2.33. The number of likely N-dealkylation sites (N-methyl/N-ethyl adjacent to an activating group) is 1. The monoisotopic (exact) mass is 360 g/mol. The van der Waals surface area contributed by atoms with Crippen LogP contribution in [-0.4, -0.2) is 44.3 Å². The molecule has 0 saturated carbocycles. The summed E-state index contributed by atoms with van der Waals surface area (Å²) in [4.78, 5) is 29.5. The molecule has 7 nitrogen and oxygen atoms in total. The SMILES string of the molecule is Cc1nnc(/N=C2/S/C(=C\c3ccc(C(=O)O)cc3)C(=O)N2C)s1. The Morgan fingerprint density at radius 3 is 2.58 bits per heavy atom. The Morgan fingerprint density at radius 1 is 1.29 bits per heavy atom. The van der Waals surface area contributed by atoms with Gasteiger partial charge < -0.3 is 5.11 Å². The van der Waals surface area contributed by atoms with Gasteiger partial charge in [-0.3, -0.25) is 9.69 Å². The topological polar surface area (TPSA) is 95.7 Å². The van der Waals surface area contributed by atoms with Crippen molar-refractivity contribution in [3.8, 4) is 0 Å². The van der Waals surface area contributed by atoms with Crippen molar-refractivity contribution in [2.45, 2.75) is 6.92 Å². The molecule has 1 N–H and O–H groups in total. The van der Waals surface area contributed by atoms with Crippen molar-refractivity contribution in [2.24, 2.45) is 4.99 Å². The molecule has 2 aromatic rings. The van der Waals surface area contributed by atoms with Gasteiger partial charge in [-0.25, -0.2) is 4.79 Å². The summed E-state index contributed by atoms with van der Waals surface area (Å²) >= 11 is 2.60. The summed E-state index contributed by atoms with van der Waals surface area (Å²) in [6.45, 7) is 1.84. The van der Waals surface area contributed by atoms with Crippen LogP contribution in [-0.2, 0) is 4.79 Å². The molecule has 9 heteroatoms. The third kappa shape index (κ3) is 3.36. The fourth-order valence-corrected chi connectivity index (χ4v) is 3.52. The maximum Gasteiger partial charge on any atom is 0.335 e. The molecule has 1 aliphatic rings. The van der Waals surface area contributed by atoms with Crippen molar-refractivity contribution >= 4 is 51.4 Å². The van der Waals surface area contributed by atoms with Crippen molar-refractivity contribution < 1.29 is 14.7 Å². The molecule has 0 aliphatic carbocycles. The second kappa shape index (κ2) is 6.54. The Balaban J connectivity index is 1.85. The summed E-state index contributed by atoms with van der Waals surface area (Å²) < 4.78 is 0. The third-order valence-corrected chi connectivity index (χ3v) is 4.96. The second-order valence-corrected chi connectivity index (χ2v) is 7.07. The minimum Gasteiger partial charge on any atom is -0.478 e. The molecule has 1 aromatic carbocycles. The number of thioether (sulfide) groups is 1. The van der Waals surface area contributed by atoms with Crippen LogP contribution in [0.1, 0.15) is 20.9 Å². The molecule has 0 spiro atoms.